The van der Waals surface area contributed by atoms with E-state index in [2.05, 4.69) is 27.8 Å². The van der Waals surface area contributed by atoms with Crippen molar-refractivity contribution in [3.05, 3.63) is 35.3 Å². The van der Waals surface area contributed by atoms with Crippen LogP contribution < -0.4 is 16.0 Å². The Morgan fingerprint density at radius 3 is 2.49 bits per heavy atom. The number of likely N-dealkylation sites (N-methyl/N-ethyl adjacent to an activating group) is 1. The number of hydrogen-bond acceptors (Lipinski definition) is 6. The lowest BCUT2D eigenvalue weighted by Gasteiger charge is -2.31. The lowest BCUT2D eigenvalue weighted by Crippen LogP contribution is -2.50. The summed E-state index contributed by atoms with van der Waals surface area (Å²) in [5.74, 6) is -1.91. The van der Waals surface area contributed by atoms with Crippen LogP contribution in [0.2, 0.25) is 0 Å². The fraction of sp³-hybridized carbons (Fsp3) is 0.586. The second kappa shape index (κ2) is 12.7. The van der Waals surface area contributed by atoms with Crippen LogP contribution in [0.15, 0.2) is 34.8 Å². The summed E-state index contributed by atoms with van der Waals surface area (Å²) >= 11 is 0. The molecule has 1 atom stereocenters. The molecule has 2 heterocycles. The molecule has 10 heteroatoms. The minimum atomic E-state index is -0.863. The molecule has 0 bridgehead atoms. The van der Waals surface area contributed by atoms with Crippen molar-refractivity contribution in [2.24, 2.45) is 11.0 Å². The van der Waals surface area contributed by atoms with Gasteiger partial charge in [0.15, 0.2) is 5.70 Å². The molecule has 1 saturated heterocycles. The van der Waals surface area contributed by atoms with Gasteiger partial charge in [-0.25, -0.2) is 4.39 Å². The zero-order valence-electron chi connectivity index (χ0n) is 23.0. The summed E-state index contributed by atoms with van der Waals surface area (Å²) in [6.07, 6.45) is 8.04. The maximum Gasteiger partial charge on any atom is 0.272 e. The van der Waals surface area contributed by atoms with Crippen LogP contribution >= 0.6 is 0 Å². The molecule has 1 unspecified atom stereocenters. The topological polar surface area (TPSA) is 112 Å². The third-order valence-corrected chi connectivity index (χ3v) is 8.29. The number of hydrogen-bond donors (Lipinski definition) is 3. The van der Waals surface area contributed by atoms with Crippen LogP contribution in [0.3, 0.4) is 0 Å². The number of rotatable bonds is 8. The van der Waals surface area contributed by atoms with E-state index in [1.807, 2.05) is 6.07 Å². The predicted molar refractivity (Wildman–Crippen MR) is 149 cm³/mol. The van der Waals surface area contributed by atoms with Gasteiger partial charge < -0.3 is 20.7 Å². The molecule has 2 aliphatic heterocycles. The summed E-state index contributed by atoms with van der Waals surface area (Å²) in [6, 6.07) is 4.59. The highest BCUT2D eigenvalue weighted by molar-refractivity contribution is 6.07. The Morgan fingerprint density at radius 2 is 1.87 bits per heavy atom. The number of fused-ring (bicyclic) bond motifs is 2. The van der Waals surface area contributed by atoms with Gasteiger partial charge in [0.1, 0.15) is 11.9 Å². The molecule has 3 N–H and O–H groups in total. The Morgan fingerprint density at radius 1 is 1.21 bits per heavy atom. The number of anilines is 2. The lowest BCUT2D eigenvalue weighted by atomic mass is 9.75. The van der Waals surface area contributed by atoms with Crippen molar-refractivity contribution in [3.63, 3.8) is 0 Å². The predicted octanol–water partition coefficient (Wildman–Crippen LogP) is 4.61. The molecule has 39 heavy (non-hydrogen) atoms. The number of carbonyl (C=O) groups excluding carboxylic acids is 3. The number of nitrogens with one attached hydrogen (secondary N) is 3. The van der Waals surface area contributed by atoms with E-state index in [-0.39, 0.29) is 30.0 Å². The minimum absolute atomic E-state index is 0.0406. The minimum Gasteiger partial charge on any atom is -0.381 e. The van der Waals surface area contributed by atoms with E-state index < -0.39 is 23.2 Å². The van der Waals surface area contributed by atoms with E-state index in [0.29, 0.717) is 37.4 Å². The third-order valence-electron chi connectivity index (χ3n) is 8.29. The quantitative estimate of drug-likeness (QED) is 0.253. The lowest BCUT2D eigenvalue weighted by molar-refractivity contribution is -0.126. The van der Waals surface area contributed by atoms with Crippen LogP contribution in [-0.4, -0.2) is 55.2 Å². The maximum atomic E-state index is 14.5. The Bertz CT molecular complexity index is 1120. The van der Waals surface area contributed by atoms with Gasteiger partial charge in [0.25, 0.3) is 5.91 Å². The number of ether oxygens (including phenoxy) is 1. The summed E-state index contributed by atoms with van der Waals surface area (Å²) in [7, 11) is 0. The van der Waals surface area contributed by atoms with E-state index in [1.165, 1.54) is 11.9 Å². The van der Waals surface area contributed by atoms with Crippen molar-refractivity contribution in [1.82, 2.24) is 10.3 Å². The first-order chi connectivity index (χ1) is 18.8. The molecule has 212 valence electrons. The van der Waals surface area contributed by atoms with Gasteiger partial charge in [0.2, 0.25) is 11.8 Å². The number of hydrazone groups is 1. The number of amides is 3. The monoisotopic (exact) mass is 541 g/mol. The largest absolute Gasteiger partial charge is 0.381 e. The second-order valence-electron chi connectivity index (χ2n) is 10.7. The van der Waals surface area contributed by atoms with E-state index in [9.17, 15) is 18.8 Å². The molecule has 1 aliphatic carbocycles. The molecular weight excluding hydrogens is 501 g/mol. The highest BCUT2D eigenvalue weighted by Crippen LogP contribution is 2.45. The summed E-state index contributed by atoms with van der Waals surface area (Å²) < 4.78 is 19.9. The number of nitrogens with zero attached hydrogens (tertiary/aromatic N) is 2. The smallest absolute Gasteiger partial charge is 0.272 e. The molecular formula is C29H40FN5O4. The fourth-order valence-corrected chi connectivity index (χ4v) is 6.15. The zero-order valence-corrected chi connectivity index (χ0v) is 23.0. The van der Waals surface area contributed by atoms with E-state index in [0.717, 1.165) is 50.5 Å². The summed E-state index contributed by atoms with van der Waals surface area (Å²) in [4.78, 5) is 39.9. The average molecular weight is 542 g/mol. The molecule has 4 rings (SSSR count). The summed E-state index contributed by atoms with van der Waals surface area (Å²) in [5, 5.41) is 13.7. The summed E-state index contributed by atoms with van der Waals surface area (Å²) in [6.45, 7) is 7.68. The van der Waals surface area contributed by atoms with Crippen LogP contribution in [-0.2, 0) is 24.5 Å². The first-order valence-electron chi connectivity index (χ1n) is 14.1. The van der Waals surface area contributed by atoms with Crippen molar-refractivity contribution < 1.29 is 23.5 Å². The first-order valence-corrected chi connectivity index (χ1v) is 14.1. The van der Waals surface area contributed by atoms with Crippen LogP contribution in [0.5, 0.6) is 0 Å². The number of halogens is 1. The van der Waals surface area contributed by atoms with Crippen LogP contribution in [0.25, 0.3) is 0 Å². The fourth-order valence-electron chi connectivity index (χ4n) is 6.15. The first kappa shape index (κ1) is 28.7. The van der Waals surface area contributed by atoms with Gasteiger partial charge in [-0.1, -0.05) is 38.2 Å². The van der Waals surface area contributed by atoms with Crippen molar-refractivity contribution in [1.29, 1.82) is 0 Å². The molecule has 2 fully saturated rings. The average Bonchev–Trinajstić information content (AvgIpc) is 3.15. The molecule has 3 amide bonds. The van der Waals surface area contributed by atoms with Crippen molar-refractivity contribution in [2.75, 3.05) is 30.4 Å². The SMILES string of the molecule is C=NN(CC)/C(C(=O)NC(C(=O)Nc1ccc2c(c1)NC(=O)C21CCOCC1)C1CCCCCCC1)=C(\C)F. The number of allylic oxidation sites excluding steroid dienone is 1. The van der Waals surface area contributed by atoms with Gasteiger partial charge in [-0.3, -0.25) is 19.4 Å². The summed E-state index contributed by atoms with van der Waals surface area (Å²) in [5.41, 5.74) is 1.28. The van der Waals surface area contributed by atoms with Crippen molar-refractivity contribution >= 4 is 35.8 Å². The second-order valence-corrected chi connectivity index (χ2v) is 10.7. The molecule has 0 aromatic heterocycles. The number of carbonyl (C=O) groups is 3. The van der Waals surface area contributed by atoms with Gasteiger partial charge >= 0.3 is 0 Å². The molecule has 9 nitrogen and oxygen atoms in total. The van der Waals surface area contributed by atoms with Crippen LogP contribution in [0, 0.1) is 5.92 Å². The van der Waals surface area contributed by atoms with Crippen LogP contribution in [0.1, 0.15) is 77.2 Å². The highest BCUT2D eigenvalue weighted by atomic mass is 19.1. The third kappa shape index (κ3) is 6.16. The van der Waals surface area contributed by atoms with Gasteiger partial charge in [-0.15, -0.1) is 0 Å². The molecule has 1 spiro atoms. The van der Waals surface area contributed by atoms with E-state index in [4.69, 9.17) is 4.74 Å². The van der Waals surface area contributed by atoms with Crippen LogP contribution in [0.4, 0.5) is 15.8 Å². The van der Waals surface area contributed by atoms with Gasteiger partial charge in [0, 0.05) is 37.9 Å². The maximum absolute atomic E-state index is 14.5. The Labute approximate surface area is 229 Å². The number of benzene rings is 1. The van der Waals surface area contributed by atoms with Gasteiger partial charge in [0.05, 0.1) is 5.41 Å². The Hall–Kier alpha value is -3.27. The molecule has 3 aliphatic rings. The normalized spacial score (nSPS) is 20.5. The van der Waals surface area contributed by atoms with Crippen molar-refractivity contribution in [2.45, 2.75) is 83.1 Å². The van der Waals surface area contributed by atoms with Gasteiger partial charge in [-0.2, -0.15) is 5.10 Å². The molecule has 1 aromatic carbocycles. The Kier molecular flexibility index (Phi) is 9.37. The van der Waals surface area contributed by atoms with E-state index in [1.54, 1.807) is 19.1 Å². The molecule has 1 saturated carbocycles. The Balaban J connectivity index is 1.57. The standard InChI is InChI=1S/C29H40FN5O4/c1-4-35(31-3)25(19(2)30)27(37)34-24(20-10-8-6-5-7-9-11-20)26(36)32-21-12-13-22-23(18-21)33-28(38)29(22)14-16-39-17-15-29/h12-13,18,20,24H,3-11,14-17H2,1-2H3,(H,32,36)(H,33,38)(H,34,37)/b25-19+. The van der Waals surface area contributed by atoms with Crippen molar-refractivity contribution in [3.8, 4) is 0 Å². The molecule has 0 radical (unpaired) electrons. The van der Waals surface area contributed by atoms with Gasteiger partial charge in [-0.05, 0) is 63.1 Å². The highest BCUT2D eigenvalue weighted by Gasteiger charge is 2.47. The zero-order chi connectivity index (χ0) is 28.0. The molecule has 1 aromatic rings. The van der Waals surface area contributed by atoms with E-state index >= 15 is 0 Å².